The average molecular weight is 585 g/mol. The molecule has 2 aromatic rings. The third-order valence-electron chi connectivity index (χ3n) is 6.82. The van der Waals surface area contributed by atoms with E-state index in [1.807, 2.05) is 65.0 Å². The van der Waals surface area contributed by atoms with Gasteiger partial charge in [0.15, 0.2) is 0 Å². The number of nitrogens with zero attached hydrogens (tertiary/aromatic N) is 4. The molecule has 1 aliphatic heterocycles. The van der Waals surface area contributed by atoms with Gasteiger partial charge in [-0.05, 0) is 66.8 Å². The molecule has 10 heteroatoms. The largest absolute Gasteiger partial charge is 0.443 e. The Hall–Kier alpha value is -3.37. The lowest BCUT2D eigenvalue weighted by Crippen LogP contribution is -2.47. The first-order chi connectivity index (χ1) is 19.7. The highest BCUT2D eigenvalue weighted by Gasteiger charge is 2.33. The SMILES string of the molecule is CCN(CC)C(=O)CN(C(=O)OC(C)(C)C)c1ccc2ccccc2c1N(CCN1CCOCC1)C(=O)OC(C)(C)C. The van der Waals surface area contributed by atoms with E-state index in [4.69, 9.17) is 14.2 Å². The van der Waals surface area contributed by atoms with E-state index in [1.54, 1.807) is 36.6 Å². The number of ether oxygens (including phenoxy) is 3. The van der Waals surface area contributed by atoms with Gasteiger partial charge in [-0.2, -0.15) is 0 Å². The lowest BCUT2D eigenvalue weighted by molar-refractivity contribution is -0.129. The number of hydrogen-bond donors (Lipinski definition) is 0. The average Bonchev–Trinajstić information content (AvgIpc) is 2.91. The van der Waals surface area contributed by atoms with Crippen LogP contribution in [-0.4, -0.2) is 98.1 Å². The molecule has 0 unspecified atom stereocenters. The zero-order valence-electron chi connectivity index (χ0n) is 26.6. The third kappa shape index (κ3) is 9.06. The first kappa shape index (κ1) is 33.1. The Morgan fingerprint density at radius 1 is 0.833 bits per heavy atom. The summed E-state index contributed by atoms with van der Waals surface area (Å²) in [6.07, 6.45) is -1.20. The van der Waals surface area contributed by atoms with Crippen molar-refractivity contribution in [3.05, 3.63) is 36.4 Å². The fourth-order valence-electron chi connectivity index (χ4n) is 4.80. The van der Waals surface area contributed by atoms with Crippen LogP contribution in [0.15, 0.2) is 36.4 Å². The van der Waals surface area contributed by atoms with Crippen molar-refractivity contribution in [3.63, 3.8) is 0 Å². The van der Waals surface area contributed by atoms with E-state index in [0.717, 1.165) is 23.9 Å². The zero-order valence-corrected chi connectivity index (χ0v) is 26.6. The summed E-state index contributed by atoms with van der Waals surface area (Å²) in [7, 11) is 0. The highest BCUT2D eigenvalue weighted by Crippen LogP contribution is 2.39. The van der Waals surface area contributed by atoms with Crippen molar-refractivity contribution in [3.8, 4) is 0 Å². The second kappa shape index (κ2) is 14.2. The van der Waals surface area contributed by atoms with Crippen LogP contribution in [0.1, 0.15) is 55.4 Å². The second-order valence-corrected chi connectivity index (χ2v) is 12.4. The standard InChI is InChI=1S/C32H48N4O6/c1-9-34(10-2)27(37)23-36(30(39)42-32(6,7)8)26-16-15-24-13-11-12-14-25(24)28(26)35(29(38)41-31(3,4)5)18-17-33-19-21-40-22-20-33/h11-16H,9-10,17-23H2,1-8H3. The van der Waals surface area contributed by atoms with Crippen molar-refractivity contribution >= 4 is 40.2 Å². The Kier molecular flexibility index (Phi) is 11.2. The molecule has 3 rings (SSSR count). The third-order valence-corrected chi connectivity index (χ3v) is 6.82. The van der Waals surface area contributed by atoms with Crippen LogP contribution in [0.4, 0.5) is 21.0 Å². The summed E-state index contributed by atoms with van der Waals surface area (Å²) in [4.78, 5) is 48.0. The van der Waals surface area contributed by atoms with Gasteiger partial charge in [0, 0.05) is 44.7 Å². The van der Waals surface area contributed by atoms with E-state index in [-0.39, 0.29) is 12.5 Å². The zero-order chi connectivity index (χ0) is 31.1. The summed E-state index contributed by atoms with van der Waals surface area (Å²) in [5.74, 6) is -0.220. The topological polar surface area (TPSA) is 91.9 Å². The van der Waals surface area contributed by atoms with Crippen LogP contribution >= 0.6 is 0 Å². The minimum Gasteiger partial charge on any atom is -0.443 e. The molecule has 2 aromatic carbocycles. The van der Waals surface area contributed by atoms with Crippen molar-refractivity contribution in [2.45, 2.75) is 66.6 Å². The maximum atomic E-state index is 13.9. The van der Waals surface area contributed by atoms with E-state index in [0.29, 0.717) is 50.8 Å². The van der Waals surface area contributed by atoms with Crippen LogP contribution in [0, 0.1) is 0 Å². The van der Waals surface area contributed by atoms with Crippen LogP contribution in [0.2, 0.25) is 0 Å². The summed E-state index contributed by atoms with van der Waals surface area (Å²) >= 11 is 0. The Balaban J connectivity index is 2.21. The molecule has 0 spiro atoms. The number of rotatable bonds is 9. The van der Waals surface area contributed by atoms with Crippen LogP contribution in [-0.2, 0) is 19.0 Å². The van der Waals surface area contributed by atoms with E-state index >= 15 is 0 Å². The molecule has 0 N–H and O–H groups in total. The summed E-state index contributed by atoms with van der Waals surface area (Å²) in [6.45, 7) is 19.1. The van der Waals surface area contributed by atoms with E-state index in [2.05, 4.69) is 4.90 Å². The molecule has 1 aliphatic rings. The van der Waals surface area contributed by atoms with E-state index in [9.17, 15) is 14.4 Å². The molecule has 0 radical (unpaired) electrons. The molecule has 0 saturated carbocycles. The minimum atomic E-state index is -0.800. The quantitative estimate of drug-likeness (QED) is 0.383. The Morgan fingerprint density at radius 3 is 1.98 bits per heavy atom. The van der Waals surface area contributed by atoms with Crippen LogP contribution < -0.4 is 9.80 Å². The first-order valence-corrected chi connectivity index (χ1v) is 14.8. The van der Waals surface area contributed by atoms with Crippen molar-refractivity contribution in [2.75, 3.05) is 68.8 Å². The Morgan fingerprint density at radius 2 is 1.40 bits per heavy atom. The van der Waals surface area contributed by atoms with E-state index < -0.39 is 23.4 Å². The monoisotopic (exact) mass is 584 g/mol. The number of hydrogen-bond acceptors (Lipinski definition) is 7. The molecule has 1 heterocycles. The number of carbonyl (C=O) groups excluding carboxylic acids is 3. The molecule has 3 amide bonds. The highest BCUT2D eigenvalue weighted by atomic mass is 16.6. The van der Waals surface area contributed by atoms with Crippen molar-refractivity contribution in [2.24, 2.45) is 0 Å². The van der Waals surface area contributed by atoms with Crippen molar-refractivity contribution < 1.29 is 28.6 Å². The number of likely N-dealkylation sites (N-methyl/N-ethyl adjacent to an activating group) is 1. The predicted octanol–water partition coefficient (Wildman–Crippen LogP) is 5.52. The fourth-order valence-corrected chi connectivity index (χ4v) is 4.80. The van der Waals surface area contributed by atoms with Gasteiger partial charge in [-0.25, -0.2) is 9.59 Å². The minimum absolute atomic E-state index is 0.220. The van der Waals surface area contributed by atoms with Gasteiger partial charge in [-0.1, -0.05) is 30.3 Å². The highest BCUT2D eigenvalue weighted by molar-refractivity contribution is 6.11. The van der Waals surface area contributed by atoms with Crippen LogP contribution in [0.5, 0.6) is 0 Å². The maximum Gasteiger partial charge on any atom is 0.415 e. The number of morpholine rings is 1. The summed E-state index contributed by atoms with van der Waals surface area (Å²) in [5.41, 5.74) is -0.654. The Bertz CT molecular complexity index is 1230. The predicted molar refractivity (Wildman–Crippen MR) is 166 cm³/mol. The molecule has 232 valence electrons. The number of carbonyl (C=O) groups is 3. The van der Waals surface area contributed by atoms with Crippen molar-refractivity contribution in [1.82, 2.24) is 9.80 Å². The van der Waals surface area contributed by atoms with Gasteiger partial charge in [0.2, 0.25) is 5.91 Å². The molecule has 0 bridgehead atoms. The first-order valence-electron chi connectivity index (χ1n) is 14.8. The summed E-state index contributed by atoms with van der Waals surface area (Å²) in [6, 6.07) is 11.4. The van der Waals surface area contributed by atoms with Crippen LogP contribution in [0.25, 0.3) is 10.8 Å². The number of benzene rings is 2. The number of amides is 3. The lowest BCUT2D eigenvalue weighted by Gasteiger charge is -2.35. The lowest BCUT2D eigenvalue weighted by atomic mass is 10.1. The second-order valence-electron chi connectivity index (χ2n) is 12.4. The van der Waals surface area contributed by atoms with Gasteiger partial charge in [-0.3, -0.25) is 19.5 Å². The van der Waals surface area contributed by atoms with Gasteiger partial charge in [0.1, 0.15) is 17.7 Å². The molecule has 1 fully saturated rings. The van der Waals surface area contributed by atoms with Gasteiger partial charge in [0.25, 0.3) is 0 Å². The van der Waals surface area contributed by atoms with Gasteiger partial charge in [0.05, 0.1) is 24.6 Å². The molecule has 0 atom stereocenters. The maximum absolute atomic E-state index is 13.9. The molecule has 10 nitrogen and oxygen atoms in total. The summed E-state index contributed by atoms with van der Waals surface area (Å²) < 4.78 is 17.2. The van der Waals surface area contributed by atoms with Gasteiger partial charge >= 0.3 is 12.2 Å². The molecule has 0 aromatic heterocycles. The van der Waals surface area contributed by atoms with Crippen LogP contribution in [0.3, 0.4) is 0 Å². The molecular formula is C32H48N4O6. The fraction of sp³-hybridized carbons (Fsp3) is 0.594. The molecule has 42 heavy (non-hydrogen) atoms. The van der Waals surface area contributed by atoms with Gasteiger partial charge in [-0.15, -0.1) is 0 Å². The number of anilines is 2. The smallest absolute Gasteiger partial charge is 0.415 e. The van der Waals surface area contributed by atoms with E-state index in [1.165, 1.54) is 4.90 Å². The summed E-state index contributed by atoms with van der Waals surface area (Å²) in [5, 5.41) is 1.64. The molecular weight excluding hydrogens is 536 g/mol. The number of fused-ring (bicyclic) bond motifs is 1. The molecule has 1 saturated heterocycles. The molecule has 0 aliphatic carbocycles. The Labute approximate surface area is 250 Å². The van der Waals surface area contributed by atoms with Gasteiger partial charge < -0.3 is 19.1 Å². The normalized spacial score (nSPS) is 14.4. The van der Waals surface area contributed by atoms with Crippen molar-refractivity contribution in [1.29, 1.82) is 0 Å².